The van der Waals surface area contributed by atoms with E-state index in [1.807, 2.05) is 7.11 Å². The first-order valence-electron chi connectivity index (χ1n) is 6.88. The summed E-state index contributed by atoms with van der Waals surface area (Å²) in [5, 5.41) is 0. The van der Waals surface area contributed by atoms with Crippen molar-refractivity contribution in [3.8, 4) is 0 Å². The molecule has 2 unspecified atom stereocenters. The molecule has 0 aromatic rings. The standard InChI is InChI=1S/C13H26N2O2/c1-16-13-2-5-15(12(8-13)9-14)10-11-3-6-17-7-4-11/h11-13H,2-10,14H2,1H3. The summed E-state index contributed by atoms with van der Waals surface area (Å²) in [6.45, 7) is 4.96. The molecule has 2 aliphatic heterocycles. The fraction of sp³-hybridized carbons (Fsp3) is 1.00. The van der Waals surface area contributed by atoms with Crippen LogP contribution in [0.4, 0.5) is 0 Å². The quantitative estimate of drug-likeness (QED) is 0.794. The number of piperidine rings is 1. The highest BCUT2D eigenvalue weighted by molar-refractivity contribution is 4.84. The van der Waals surface area contributed by atoms with E-state index in [0.29, 0.717) is 12.1 Å². The van der Waals surface area contributed by atoms with Crippen molar-refractivity contribution < 1.29 is 9.47 Å². The lowest BCUT2D eigenvalue weighted by atomic mass is 9.94. The molecule has 0 aromatic heterocycles. The minimum Gasteiger partial charge on any atom is -0.381 e. The Kier molecular flexibility index (Phi) is 5.22. The first-order chi connectivity index (χ1) is 8.33. The molecule has 0 saturated carbocycles. The van der Waals surface area contributed by atoms with Gasteiger partial charge in [0.2, 0.25) is 0 Å². The molecule has 17 heavy (non-hydrogen) atoms. The van der Waals surface area contributed by atoms with Crippen LogP contribution in [0.25, 0.3) is 0 Å². The van der Waals surface area contributed by atoms with E-state index >= 15 is 0 Å². The second kappa shape index (κ2) is 6.69. The van der Waals surface area contributed by atoms with Gasteiger partial charge in [-0.2, -0.15) is 0 Å². The molecular formula is C13H26N2O2. The summed E-state index contributed by atoms with van der Waals surface area (Å²) in [5.41, 5.74) is 5.89. The van der Waals surface area contributed by atoms with Crippen molar-refractivity contribution in [2.45, 2.75) is 37.8 Å². The van der Waals surface area contributed by atoms with Crippen molar-refractivity contribution in [1.29, 1.82) is 0 Å². The SMILES string of the molecule is COC1CCN(CC2CCOCC2)C(CN)C1. The highest BCUT2D eigenvalue weighted by Gasteiger charge is 2.29. The van der Waals surface area contributed by atoms with Gasteiger partial charge in [-0.05, 0) is 31.6 Å². The molecule has 0 aliphatic carbocycles. The number of ether oxygens (including phenoxy) is 2. The molecular weight excluding hydrogens is 216 g/mol. The molecule has 2 aliphatic rings. The smallest absolute Gasteiger partial charge is 0.0599 e. The summed E-state index contributed by atoms with van der Waals surface area (Å²) < 4.78 is 10.9. The summed E-state index contributed by atoms with van der Waals surface area (Å²) in [7, 11) is 1.81. The Bertz CT molecular complexity index is 219. The van der Waals surface area contributed by atoms with Crippen LogP contribution in [0, 0.1) is 5.92 Å². The van der Waals surface area contributed by atoms with Gasteiger partial charge in [0.1, 0.15) is 0 Å². The Labute approximate surface area is 104 Å². The maximum absolute atomic E-state index is 5.89. The van der Waals surface area contributed by atoms with Crippen molar-refractivity contribution in [2.75, 3.05) is 40.0 Å². The Balaban J connectivity index is 1.82. The first kappa shape index (κ1) is 13.3. The van der Waals surface area contributed by atoms with Crippen LogP contribution in [0.1, 0.15) is 25.7 Å². The van der Waals surface area contributed by atoms with Crippen LogP contribution in [-0.2, 0) is 9.47 Å². The molecule has 2 heterocycles. The van der Waals surface area contributed by atoms with E-state index in [4.69, 9.17) is 15.2 Å². The van der Waals surface area contributed by atoms with E-state index in [2.05, 4.69) is 4.90 Å². The lowest BCUT2D eigenvalue weighted by molar-refractivity contribution is -0.00522. The van der Waals surface area contributed by atoms with E-state index in [1.165, 1.54) is 19.4 Å². The zero-order valence-electron chi connectivity index (χ0n) is 10.9. The van der Waals surface area contributed by atoms with Gasteiger partial charge in [-0.25, -0.2) is 0 Å². The van der Waals surface area contributed by atoms with Crippen LogP contribution in [0.2, 0.25) is 0 Å². The monoisotopic (exact) mass is 242 g/mol. The zero-order valence-corrected chi connectivity index (χ0v) is 10.9. The summed E-state index contributed by atoms with van der Waals surface area (Å²) in [4.78, 5) is 2.57. The number of methoxy groups -OCH3 is 1. The highest BCUT2D eigenvalue weighted by atomic mass is 16.5. The largest absolute Gasteiger partial charge is 0.381 e. The van der Waals surface area contributed by atoms with Gasteiger partial charge < -0.3 is 15.2 Å². The van der Waals surface area contributed by atoms with Gasteiger partial charge in [-0.1, -0.05) is 0 Å². The van der Waals surface area contributed by atoms with Crippen LogP contribution in [0.3, 0.4) is 0 Å². The third-order valence-electron chi connectivity index (χ3n) is 4.23. The summed E-state index contributed by atoms with van der Waals surface area (Å²) >= 11 is 0. The molecule has 0 spiro atoms. The van der Waals surface area contributed by atoms with Crippen LogP contribution < -0.4 is 5.73 Å². The molecule has 0 aromatic carbocycles. The van der Waals surface area contributed by atoms with Gasteiger partial charge in [0.25, 0.3) is 0 Å². The van der Waals surface area contributed by atoms with E-state index in [1.54, 1.807) is 0 Å². The molecule has 0 bridgehead atoms. The Hall–Kier alpha value is -0.160. The summed E-state index contributed by atoms with van der Waals surface area (Å²) in [6, 6.07) is 0.511. The van der Waals surface area contributed by atoms with Gasteiger partial charge in [0, 0.05) is 46.0 Å². The van der Waals surface area contributed by atoms with Gasteiger partial charge in [-0.3, -0.25) is 4.90 Å². The molecule has 2 fully saturated rings. The molecule has 4 nitrogen and oxygen atoms in total. The topological polar surface area (TPSA) is 47.7 Å². The molecule has 100 valence electrons. The van der Waals surface area contributed by atoms with E-state index in [-0.39, 0.29) is 0 Å². The number of nitrogens with zero attached hydrogens (tertiary/aromatic N) is 1. The van der Waals surface area contributed by atoms with Crippen molar-refractivity contribution in [1.82, 2.24) is 4.90 Å². The van der Waals surface area contributed by atoms with Gasteiger partial charge >= 0.3 is 0 Å². The average Bonchev–Trinajstić information content (AvgIpc) is 2.40. The van der Waals surface area contributed by atoms with E-state index in [0.717, 1.165) is 45.1 Å². The number of likely N-dealkylation sites (tertiary alicyclic amines) is 1. The van der Waals surface area contributed by atoms with E-state index < -0.39 is 0 Å². The lowest BCUT2D eigenvalue weighted by Gasteiger charge is -2.40. The minimum atomic E-state index is 0.412. The zero-order chi connectivity index (χ0) is 12.1. The van der Waals surface area contributed by atoms with Gasteiger partial charge in [0.15, 0.2) is 0 Å². The average molecular weight is 242 g/mol. The van der Waals surface area contributed by atoms with Crippen molar-refractivity contribution in [2.24, 2.45) is 11.7 Å². The Morgan fingerprint density at radius 2 is 2.06 bits per heavy atom. The fourth-order valence-corrected chi connectivity index (χ4v) is 3.02. The third-order valence-corrected chi connectivity index (χ3v) is 4.23. The lowest BCUT2D eigenvalue weighted by Crippen LogP contribution is -2.50. The number of nitrogens with two attached hydrogens (primary N) is 1. The Morgan fingerprint density at radius 1 is 1.29 bits per heavy atom. The van der Waals surface area contributed by atoms with Crippen molar-refractivity contribution in [3.05, 3.63) is 0 Å². The van der Waals surface area contributed by atoms with Gasteiger partial charge in [0.05, 0.1) is 6.10 Å². The minimum absolute atomic E-state index is 0.412. The maximum Gasteiger partial charge on any atom is 0.0599 e. The summed E-state index contributed by atoms with van der Waals surface area (Å²) in [6.07, 6.45) is 5.07. The predicted molar refractivity (Wildman–Crippen MR) is 68.0 cm³/mol. The maximum atomic E-state index is 5.89. The predicted octanol–water partition coefficient (Wildman–Crippen LogP) is 0.851. The highest BCUT2D eigenvalue weighted by Crippen LogP contribution is 2.23. The fourth-order valence-electron chi connectivity index (χ4n) is 3.02. The molecule has 2 N–H and O–H groups in total. The second-order valence-corrected chi connectivity index (χ2v) is 5.32. The molecule has 2 atom stereocenters. The summed E-state index contributed by atoms with van der Waals surface area (Å²) in [5.74, 6) is 0.803. The van der Waals surface area contributed by atoms with Crippen molar-refractivity contribution in [3.63, 3.8) is 0 Å². The third kappa shape index (κ3) is 3.65. The molecule has 0 amide bonds. The number of rotatable bonds is 4. The van der Waals surface area contributed by atoms with E-state index in [9.17, 15) is 0 Å². The normalized spacial score (nSPS) is 32.8. The second-order valence-electron chi connectivity index (χ2n) is 5.32. The molecule has 4 heteroatoms. The van der Waals surface area contributed by atoms with Crippen molar-refractivity contribution >= 4 is 0 Å². The van der Waals surface area contributed by atoms with Crippen LogP contribution >= 0.6 is 0 Å². The molecule has 2 rings (SSSR count). The molecule has 0 radical (unpaired) electrons. The first-order valence-corrected chi connectivity index (χ1v) is 6.88. The van der Waals surface area contributed by atoms with Crippen LogP contribution in [0.15, 0.2) is 0 Å². The van der Waals surface area contributed by atoms with Crippen LogP contribution in [-0.4, -0.2) is 57.0 Å². The van der Waals surface area contributed by atoms with Gasteiger partial charge in [-0.15, -0.1) is 0 Å². The van der Waals surface area contributed by atoms with Crippen LogP contribution in [0.5, 0.6) is 0 Å². The number of hydrogen-bond acceptors (Lipinski definition) is 4. The number of hydrogen-bond donors (Lipinski definition) is 1. The molecule has 2 saturated heterocycles. The Morgan fingerprint density at radius 3 is 2.71 bits per heavy atom.